The summed E-state index contributed by atoms with van der Waals surface area (Å²) in [5.41, 5.74) is 2.82. The number of aliphatic hydroxyl groups is 1. The molecule has 1 fully saturated rings. The summed E-state index contributed by atoms with van der Waals surface area (Å²) in [5, 5.41) is 11.1. The molecule has 1 unspecified atom stereocenters. The normalized spacial score (nSPS) is 17.6. The molecule has 162 valence electrons. The minimum absolute atomic E-state index is 0.0864. The molecule has 7 heteroatoms. The predicted molar refractivity (Wildman–Crippen MR) is 117 cm³/mol. The lowest BCUT2D eigenvalue weighted by Crippen LogP contribution is -2.29. The number of carbonyl (C=O) groups is 3. The second kappa shape index (κ2) is 8.19. The Morgan fingerprint density at radius 1 is 1.00 bits per heavy atom. The average molecular weight is 431 g/mol. The van der Waals surface area contributed by atoms with Gasteiger partial charge in [0.05, 0.1) is 24.5 Å². The molecular formula is C25H21NO6. The van der Waals surface area contributed by atoms with E-state index in [2.05, 4.69) is 0 Å². The van der Waals surface area contributed by atoms with Crippen molar-refractivity contribution in [3.8, 4) is 0 Å². The summed E-state index contributed by atoms with van der Waals surface area (Å²) >= 11 is 0. The first-order valence-electron chi connectivity index (χ1n) is 9.94. The molecule has 7 nitrogen and oxygen atoms in total. The van der Waals surface area contributed by atoms with Crippen molar-refractivity contribution in [1.82, 2.24) is 0 Å². The van der Waals surface area contributed by atoms with Gasteiger partial charge in [0.2, 0.25) is 0 Å². The lowest BCUT2D eigenvalue weighted by molar-refractivity contribution is -0.132. The molecule has 1 aliphatic rings. The molecule has 4 rings (SSSR count). The molecule has 3 aromatic rings. The van der Waals surface area contributed by atoms with Crippen molar-refractivity contribution in [3.63, 3.8) is 0 Å². The van der Waals surface area contributed by atoms with Crippen molar-refractivity contribution < 1.29 is 28.6 Å². The number of rotatable bonds is 4. The van der Waals surface area contributed by atoms with Crippen molar-refractivity contribution in [3.05, 3.63) is 94.4 Å². The first-order chi connectivity index (χ1) is 15.3. The molecule has 0 aliphatic carbocycles. The van der Waals surface area contributed by atoms with Crippen LogP contribution in [0.5, 0.6) is 0 Å². The van der Waals surface area contributed by atoms with Gasteiger partial charge in [-0.25, -0.2) is 4.79 Å². The Kier molecular flexibility index (Phi) is 5.40. The van der Waals surface area contributed by atoms with E-state index in [0.29, 0.717) is 17.0 Å². The number of carbonyl (C=O) groups excluding carboxylic acids is 3. The number of nitrogens with zero attached hydrogens (tertiary/aromatic N) is 1. The van der Waals surface area contributed by atoms with Crippen LogP contribution in [-0.4, -0.2) is 29.9 Å². The summed E-state index contributed by atoms with van der Waals surface area (Å²) in [6, 6.07) is 13.7. The van der Waals surface area contributed by atoms with Crippen LogP contribution < -0.4 is 4.90 Å². The third kappa shape index (κ3) is 3.47. The van der Waals surface area contributed by atoms with Crippen LogP contribution in [0.4, 0.5) is 5.69 Å². The number of methoxy groups -OCH3 is 1. The number of esters is 1. The largest absolute Gasteiger partial charge is 0.507 e. The van der Waals surface area contributed by atoms with E-state index in [4.69, 9.17) is 9.15 Å². The van der Waals surface area contributed by atoms with Gasteiger partial charge in [0.15, 0.2) is 0 Å². The number of benzene rings is 2. The number of amides is 1. The molecule has 0 bridgehead atoms. The van der Waals surface area contributed by atoms with E-state index in [1.54, 1.807) is 42.5 Å². The molecule has 0 saturated carbocycles. The third-order valence-electron chi connectivity index (χ3n) is 5.58. The van der Waals surface area contributed by atoms with E-state index in [-0.39, 0.29) is 16.9 Å². The first-order valence-corrected chi connectivity index (χ1v) is 9.94. The number of ether oxygens (including phenoxy) is 1. The average Bonchev–Trinajstić information content (AvgIpc) is 3.41. The van der Waals surface area contributed by atoms with Gasteiger partial charge < -0.3 is 14.3 Å². The van der Waals surface area contributed by atoms with E-state index >= 15 is 0 Å². The minimum Gasteiger partial charge on any atom is -0.507 e. The molecule has 1 aliphatic heterocycles. The molecule has 1 amide bonds. The summed E-state index contributed by atoms with van der Waals surface area (Å²) in [4.78, 5) is 39.4. The Labute approximate surface area is 184 Å². The van der Waals surface area contributed by atoms with Crippen LogP contribution >= 0.6 is 0 Å². The number of ketones is 1. The quantitative estimate of drug-likeness (QED) is 0.286. The second-order valence-corrected chi connectivity index (χ2v) is 7.53. The lowest BCUT2D eigenvalue weighted by Gasteiger charge is -2.23. The van der Waals surface area contributed by atoms with E-state index in [0.717, 1.165) is 11.1 Å². The van der Waals surface area contributed by atoms with Crippen LogP contribution in [0, 0.1) is 13.8 Å². The van der Waals surface area contributed by atoms with E-state index < -0.39 is 23.7 Å². The number of aliphatic hydroxyl groups excluding tert-OH is 1. The number of furan rings is 1. The monoisotopic (exact) mass is 431 g/mol. The summed E-state index contributed by atoms with van der Waals surface area (Å²) in [5.74, 6) is -2.24. The van der Waals surface area contributed by atoms with E-state index in [1.165, 1.54) is 24.3 Å². The van der Waals surface area contributed by atoms with E-state index in [1.807, 2.05) is 19.9 Å². The summed E-state index contributed by atoms with van der Waals surface area (Å²) in [7, 11) is 1.26. The Bertz CT molecular complexity index is 1260. The highest BCUT2D eigenvalue weighted by Crippen LogP contribution is 2.42. The van der Waals surface area contributed by atoms with Gasteiger partial charge in [-0.3, -0.25) is 14.5 Å². The van der Waals surface area contributed by atoms with Gasteiger partial charge >= 0.3 is 5.97 Å². The van der Waals surface area contributed by atoms with Crippen LogP contribution in [0.15, 0.2) is 70.9 Å². The highest BCUT2D eigenvalue weighted by Gasteiger charge is 2.48. The highest BCUT2D eigenvalue weighted by molar-refractivity contribution is 6.51. The van der Waals surface area contributed by atoms with Crippen molar-refractivity contribution >= 4 is 29.1 Å². The maximum Gasteiger partial charge on any atom is 0.337 e. The molecule has 32 heavy (non-hydrogen) atoms. The summed E-state index contributed by atoms with van der Waals surface area (Å²) < 4.78 is 10.3. The van der Waals surface area contributed by atoms with Gasteiger partial charge in [-0.15, -0.1) is 0 Å². The second-order valence-electron chi connectivity index (χ2n) is 7.53. The molecular weight excluding hydrogens is 410 g/mol. The van der Waals surface area contributed by atoms with Crippen molar-refractivity contribution in [2.24, 2.45) is 0 Å². The lowest BCUT2D eigenvalue weighted by atomic mass is 9.97. The van der Waals surface area contributed by atoms with Crippen LogP contribution in [0.1, 0.15) is 38.9 Å². The zero-order valence-electron chi connectivity index (χ0n) is 17.8. The fourth-order valence-electron chi connectivity index (χ4n) is 3.76. The summed E-state index contributed by atoms with van der Waals surface area (Å²) in [6.45, 7) is 3.84. The molecule has 2 heterocycles. The highest BCUT2D eigenvalue weighted by atomic mass is 16.5. The zero-order chi connectivity index (χ0) is 23.0. The van der Waals surface area contributed by atoms with E-state index in [9.17, 15) is 19.5 Å². The molecule has 0 radical (unpaired) electrons. The van der Waals surface area contributed by atoms with Gasteiger partial charge in [0.25, 0.3) is 11.7 Å². The number of anilines is 1. The number of Topliss-reactive ketones (excluding diaryl/α,β-unsaturated/α-hetero) is 1. The fraction of sp³-hybridized carbons (Fsp3) is 0.160. The van der Waals surface area contributed by atoms with Crippen molar-refractivity contribution in [1.29, 1.82) is 0 Å². The predicted octanol–water partition coefficient (Wildman–Crippen LogP) is 4.31. The first kappa shape index (κ1) is 21.1. The maximum absolute atomic E-state index is 13.1. The Morgan fingerprint density at radius 2 is 1.78 bits per heavy atom. The van der Waals surface area contributed by atoms with Gasteiger partial charge in [0, 0.05) is 11.3 Å². The minimum atomic E-state index is -1.00. The number of hydrogen-bond donors (Lipinski definition) is 1. The molecule has 1 aromatic heterocycles. The van der Waals surface area contributed by atoms with Gasteiger partial charge in [-0.2, -0.15) is 0 Å². The SMILES string of the molecule is COC(=O)c1cccc(N2C(=O)C(=O)/C(=C(\O)c3ccc(C)c(C)c3)C2c2ccco2)c1. The van der Waals surface area contributed by atoms with Gasteiger partial charge in [0.1, 0.15) is 17.6 Å². The van der Waals surface area contributed by atoms with Crippen molar-refractivity contribution in [2.75, 3.05) is 12.0 Å². The van der Waals surface area contributed by atoms with Crippen LogP contribution in [0.2, 0.25) is 0 Å². The van der Waals surface area contributed by atoms with Crippen molar-refractivity contribution in [2.45, 2.75) is 19.9 Å². The van der Waals surface area contributed by atoms with Crippen LogP contribution in [0.25, 0.3) is 5.76 Å². The number of aryl methyl sites for hydroxylation is 2. The fourth-order valence-corrected chi connectivity index (χ4v) is 3.76. The zero-order valence-corrected chi connectivity index (χ0v) is 17.8. The van der Waals surface area contributed by atoms with Crippen LogP contribution in [-0.2, 0) is 14.3 Å². The summed E-state index contributed by atoms with van der Waals surface area (Å²) in [6.07, 6.45) is 1.43. The third-order valence-corrected chi connectivity index (χ3v) is 5.58. The Hall–Kier alpha value is -4.13. The maximum atomic E-state index is 13.1. The molecule has 0 spiro atoms. The molecule has 2 aromatic carbocycles. The number of hydrogen-bond acceptors (Lipinski definition) is 6. The molecule has 1 saturated heterocycles. The Morgan fingerprint density at radius 3 is 2.44 bits per heavy atom. The van der Waals surface area contributed by atoms with Gasteiger partial charge in [-0.1, -0.05) is 18.2 Å². The topological polar surface area (TPSA) is 97.0 Å². The van der Waals surface area contributed by atoms with Crippen LogP contribution in [0.3, 0.4) is 0 Å². The molecule has 1 atom stereocenters. The Balaban J connectivity index is 1.91. The van der Waals surface area contributed by atoms with Gasteiger partial charge in [-0.05, 0) is 61.4 Å². The molecule has 1 N–H and O–H groups in total. The standard InChI is InChI=1S/C25H21NO6/c1-14-9-10-16(12-15(14)2)22(27)20-21(19-8-5-11-32-19)26(24(29)23(20)28)18-7-4-6-17(13-18)25(30)31-3/h4-13,21,27H,1-3H3/b22-20-. The smallest absolute Gasteiger partial charge is 0.337 e.